The van der Waals surface area contributed by atoms with E-state index in [1.54, 1.807) is 6.92 Å². The lowest BCUT2D eigenvalue weighted by atomic mass is 10.2. The highest BCUT2D eigenvalue weighted by atomic mass is 31.2. The van der Waals surface area contributed by atoms with E-state index in [4.69, 9.17) is 0 Å². The van der Waals surface area contributed by atoms with Crippen LogP contribution in [-0.4, -0.2) is 24.1 Å². The summed E-state index contributed by atoms with van der Waals surface area (Å²) in [5.74, 6) is -0.453. The van der Waals surface area contributed by atoms with Crippen LogP contribution < -0.4 is 5.30 Å². The maximum Gasteiger partial charge on any atom is 0.337 e. The van der Waals surface area contributed by atoms with E-state index >= 15 is 0 Å². The van der Waals surface area contributed by atoms with Crippen LogP contribution in [0, 0.1) is 0 Å². The van der Waals surface area contributed by atoms with Crippen molar-refractivity contribution in [2.24, 2.45) is 0 Å². The Bertz CT molecular complexity index is 396. The lowest BCUT2D eigenvalue weighted by Gasteiger charge is -2.09. The van der Waals surface area contributed by atoms with Crippen LogP contribution in [0.3, 0.4) is 0 Å². The van der Waals surface area contributed by atoms with Gasteiger partial charge in [-0.3, -0.25) is 4.57 Å². The largest absolute Gasteiger partial charge is 0.465 e. The number of rotatable bonds is 3. The van der Waals surface area contributed by atoms with Gasteiger partial charge in [-0.25, -0.2) is 4.79 Å². The summed E-state index contributed by atoms with van der Waals surface area (Å²) in [7, 11) is -1.95. The zero-order valence-electron chi connectivity index (χ0n) is 8.64. The molecule has 0 heterocycles. The minimum atomic E-state index is -3.24. The Hall–Kier alpha value is -1.12. The minimum absolute atomic E-state index is 0.185. The van der Waals surface area contributed by atoms with Gasteiger partial charge in [-0.2, -0.15) is 0 Å². The van der Waals surface area contributed by atoms with E-state index in [1.807, 2.05) is 0 Å². The third-order valence-corrected chi connectivity index (χ3v) is 4.08. The second kappa shape index (κ2) is 4.60. The van der Waals surface area contributed by atoms with Crippen LogP contribution in [0.15, 0.2) is 24.3 Å². The fourth-order valence-corrected chi connectivity index (χ4v) is 2.11. The van der Waals surface area contributed by atoms with Gasteiger partial charge in [0.25, 0.3) is 0 Å². The first-order valence-electron chi connectivity index (χ1n) is 4.52. The average molecular weight is 228 g/mol. The van der Waals surface area contributed by atoms with Gasteiger partial charge in [0.15, 0.2) is 0 Å². The molecule has 0 spiro atoms. The molecule has 5 heteroatoms. The van der Waals surface area contributed by atoms with Gasteiger partial charge in [0.2, 0.25) is 7.37 Å². The van der Waals surface area contributed by atoms with Crippen LogP contribution in [0.5, 0.6) is 0 Å². The third-order valence-electron chi connectivity index (χ3n) is 2.12. The van der Waals surface area contributed by atoms with Crippen molar-refractivity contribution >= 4 is 18.6 Å². The van der Waals surface area contributed by atoms with Gasteiger partial charge in [-0.05, 0) is 24.3 Å². The lowest BCUT2D eigenvalue weighted by molar-refractivity contribution is 0.0600. The first kappa shape index (κ1) is 12.0. The number of carbonyl (C=O) groups is 1. The van der Waals surface area contributed by atoms with E-state index in [9.17, 15) is 14.3 Å². The molecule has 0 saturated heterocycles. The van der Waals surface area contributed by atoms with Gasteiger partial charge >= 0.3 is 5.97 Å². The summed E-state index contributed by atoms with van der Waals surface area (Å²) in [6.45, 7) is 1.65. The van der Waals surface area contributed by atoms with Crippen molar-refractivity contribution in [2.75, 3.05) is 13.3 Å². The summed E-state index contributed by atoms with van der Waals surface area (Å²) in [5.41, 5.74) is 0.373. The molecule has 0 aliphatic rings. The number of methoxy groups -OCH3 is 1. The second-order valence-electron chi connectivity index (χ2n) is 3.06. The van der Waals surface area contributed by atoms with E-state index in [1.165, 1.54) is 31.4 Å². The Labute approximate surface area is 88.3 Å². The van der Waals surface area contributed by atoms with Crippen LogP contribution in [-0.2, 0) is 9.30 Å². The van der Waals surface area contributed by atoms with Crippen LogP contribution in [0.1, 0.15) is 17.3 Å². The van der Waals surface area contributed by atoms with Crippen molar-refractivity contribution in [3.8, 4) is 0 Å². The van der Waals surface area contributed by atoms with Gasteiger partial charge in [0, 0.05) is 11.5 Å². The average Bonchev–Trinajstić information content (AvgIpc) is 2.28. The van der Waals surface area contributed by atoms with Crippen LogP contribution in [0.2, 0.25) is 0 Å². The molecule has 1 rings (SSSR count). The molecule has 15 heavy (non-hydrogen) atoms. The molecule has 1 aromatic carbocycles. The Kier molecular flexibility index (Phi) is 3.66. The number of esters is 1. The molecule has 0 bridgehead atoms. The van der Waals surface area contributed by atoms with Crippen molar-refractivity contribution in [1.82, 2.24) is 0 Å². The van der Waals surface area contributed by atoms with Gasteiger partial charge < -0.3 is 9.63 Å². The predicted octanol–water partition coefficient (Wildman–Crippen LogP) is 1.39. The molecular formula is C10H13O4P. The SMILES string of the molecule is CCP(=O)(O)c1ccc(C(=O)OC)cc1. The second-order valence-corrected chi connectivity index (χ2v) is 5.61. The molecule has 1 aromatic rings. The summed E-state index contributed by atoms with van der Waals surface area (Å²) in [5, 5.41) is 0.359. The predicted molar refractivity (Wildman–Crippen MR) is 57.8 cm³/mol. The molecule has 1 unspecified atom stereocenters. The monoisotopic (exact) mass is 228 g/mol. The van der Waals surface area contributed by atoms with E-state index < -0.39 is 13.3 Å². The lowest BCUT2D eigenvalue weighted by Crippen LogP contribution is -2.08. The fourth-order valence-electron chi connectivity index (χ4n) is 1.13. The number of hydrogen-bond donors (Lipinski definition) is 1. The molecule has 0 fully saturated rings. The third kappa shape index (κ3) is 2.67. The summed E-state index contributed by atoms with van der Waals surface area (Å²) < 4.78 is 16.1. The Morgan fingerprint density at radius 1 is 1.40 bits per heavy atom. The Morgan fingerprint density at radius 2 is 1.93 bits per heavy atom. The maximum absolute atomic E-state index is 11.6. The van der Waals surface area contributed by atoms with Crippen LogP contribution >= 0.6 is 7.37 Å². The van der Waals surface area contributed by atoms with Crippen LogP contribution in [0.25, 0.3) is 0 Å². The molecule has 82 valence electrons. The minimum Gasteiger partial charge on any atom is -0.465 e. The highest BCUT2D eigenvalue weighted by Crippen LogP contribution is 2.38. The number of carbonyl (C=O) groups excluding carboxylic acids is 1. The standard InChI is InChI=1S/C10H13O4P/c1-3-15(12,13)9-6-4-8(5-7-9)10(11)14-2/h4-7H,3H2,1-2H3,(H,12,13). The van der Waals surface area contributed by atoms with Gasteiger partial charge in [-0.1, -0.05) is 6.92 Å². The van der Waals surface area contributed by atoms with Gasteiger partial charge in [0.05, 0.1) is 12.7 Å². The van der Waals surface area contributed by atoms with E-state index in [-0.39, 0.29) is 6.16 Å². The zero-order valence-corrected chi connectivity index (χ0v) is 9.53. The van der Waals surface area contributed by atoms with Crippen LogP contribution in [0.4, 0.5) is 0 Å². The molecule has 0 aromatic heterocycles. The van der Waals surface area contributed by atoms with Crippen molar-refractivity contribution in [2.45, 2.75) is 6.92 Å². The highest BCUT2D eigenvalue weighted by Gasteiger charge is 2.18. The first-order valence-corrected chi connectivity index (χ1v) is 6.36. The van der Waals surface area contributed by atoms with Gasteiger partial charge in [-0.15, -0.1) is 0 Å². The quantitative estimate of drug-likeness (QED) is 0.627. The summed E-state index contributed by atoms with van der Waals surface area (Å²) >= 11 is 0. The summed E-state index contributed by atoms with van der Waals surface area (Å²) in [6, 6.07) is 5.94. The molecule has 0 radical (unpaired) electrons. The summed E-state index contributed by atoms with van der Waals surface area (Å²) in [6.07, 6.45) is 0.185. The molecule has 4 nitrogen and oxygen atoms in total. The first-order chi connectivity index (χ1) is 7.01. The maximum atomic E-state index is 11.6. The number of hydrogen-bond acceptors (Lipinski definition) is 3. The smallest absolute Gasteiger partial charge is 0.337 e. The normalized spacial score (nSPS) is 14.3. The fraction of sp³-hybridized carbons (Fsp3) is 0.300. The number of benzene rings is 1. The molecule has 0 saturated carbocycles. The van der Waals surface area contributed by atoms with Crippen molar-refractivity contribution < 1.29 is 19.0 Å². The number of ether oxygens (including phenoxy) is 1. The molecule has 0 amide bonds. The van der Waals surface area contributed by atoms with Crippen molar-refractivity contribution in [3.63, 3.8) is 0 Å². The molecule has 1 N–H and O–H groups in total. The van der Waals surface area contributed by atoms with E-state index in [0.29, 0.717) is 10.9 Å². The van der Waals surface area contributed by atoms with Crippen molar-refractivity contribution in [3.05, 3.63) is 29.8 Å². The van der Waals surface area contributed by atoms with E-state index in [0.717, 1.165) is 0 Å². The molecule has 0 aliphatic heterocycles. The topological polar surface area (TPSA) is 63.6 Å². The summed E-state index contributed by atoms with van der Waals surface area (Å²) in [4.78, 5) is 20.6. The molecule has 1 atom stereocenters. The van der Waals surface area contributed by atoms with E-state index in [2.05, 4.69) is 4.74 Å². The Morgan fingerprint density at radius 3 is 2.33 bits per heavy atom. The Balaban J connectivity index is 3.00. The zero-order chi connectivity index (χ0) is 11.5. The van der Waals surface area contributed by atoms with Crippen molar-refractivity contribution in [1.29, 1.82) is 0 Å². The highest BCUT2D eigenvalue weighted by molar-refractivity contribution is 7.66. The molecular weight excluding hydrogens is 215 g/mol. The van der Waals surface area contributed by atoms with Gasteiger partial charge in [0.1, 0.15) is 0 Å². The molecule has 0 aliphatic carbocycles.